The summed E-state index contributed by atoms with van der Waals surface area (Å²) in [6.45, 7) is 1.75. The smallest absolute Gasteiger partial charge is 0.240 e. The minimum absolute atomic E-state index is 0.0487. The molecule has 1 aromatic carbocycles. The van der Waals surface area contributed by atoms with E-state index >= 15 is 0 Å². The van der Waals surface area contributed by atoms with Gasteiger partial charge < -0.3 is 5.32 Å². The molecule has 0 atom stereocenters. The first-order valence-corrected chi connectivity index (χ1v) is 12.2. The highest BCUT2D eigenvalue weighted by Crippen LogP contribution is 2.60. The quantitative estimate of drug-likeness (QED) is 0.755. The molecule has 4 fully saturated rings. The lowest BCUT2D eigenvalue weighted by atomic mass is 9.56. The van der Waals surface area contributed by atoms with Gasteiger partial charge in [0.05, 0.1) is 10.6 Å². The van der Waals surface area contributed by atoms with Crippen molar-refractivity contribution in [2.45, 2.75) is 55.1 Å². The molecule has 5 rings (SSSR count). The summed E-state index contributed by atoms with van der Waals surface area (Å²) in [6.07, 6.45) is 8.01. The lowest BCUT2D eigenvalue weighted by Gasteiger charge is -2.56. The zero-order valence-electron chi connectivity index (χ0n) is 16.0. The minimum atomic E-state index is -3.54. The number of hydrogen-bond donors (Lipinski definition) is 2. The number of anilines is 1. The van der Waals surface area contributed by atoms with Gasteiger partial charge in [-0.15, -0.1) is 11.8 Å². The second-order valence-corrected chi connectivity index (χ2v) is 11.9. The number of nitrogens with one attached hydrogen (secondary N) is 2. The number of rotatable bonds is 6. The van der Waals surface area contributed by atoms with Gasteiger partial charge >= 0.3 is 0 Å². The summed E-state index contributed by atoms with van der Waals surface area (Å²) in [5.74, 6) is 3.01. The first-order chi connectivity index (χ1) is 12.8. The highest BCUT2D eigenvalue weighted by molar-refractivity contribution is 8.01. The first kappa shape index (κ1) is 19.3. The summed E-state index contributed by atoms with van der Waals surface area (Å²) in [5.41, 5.74) is 1.19. The van der Waals surface area contributed by atoms with Crippen LogP contribution in [0.5, 0.6) is 0 Å². The number of carbonyl (C=O) groups excluding carboxylic acids is 1. The maximum absolute atomic E-state index is 12.5. The normalized spacial score (nSPS) is 31.9. The Labute approximate surface area is 166 Å². The standard InChI is InChI=1S/C20H28N2O3S2/c1-13-3-4-17(8-18(13)27(24,25)21-2)22-19(23)12-26-20-9-14-5-15(10-20)7-16(6-14)11-20/h3-4,8,14-16,21H,5-7,9-12H2,1-2H3,(H,22,23). The highest BCUT2D eigenvalue weighted by Gasteiger charge is 2.51. The van der Waals surface area contributed by atoms with Gasteiger partial charge in [0.25, 0.3) is 0 Å². The summed E-state index contributed by atoms with van der Waals surface area (Å²) < 4.78 is 26.9. The summed E-state index contributed by atoms with van der Waals surface area (Å²) in [5, 5.41) is 2.89. The monoisotopic (exact) mass is 408 g/mol. The van der Waals surface area contributed by atoms with Gasteiger partial charge in [0.1, 0.15) is 0 Å². The number of benzene rings is 1. The second kappa shape index (κ2) is 7.08. The predicted octanol–water partition coefficient (Wildman–Crippen LogP) is 3.54. The molecule has 7 heteroatoms. The van der Waals surface area contributed by atoms with Gasteiger partial charge in [-0.05, 0) is 87.9 Å². The maximum Gasteiger partial charge on any atom is 0.240 e. The third kappa shape index (κ3) is 3.91. The number of amides is 1. The van der Waals surface area contributed by atoms with Crippen molar-refractivity contribution >= 4 is 33.4 Å². The molecule has 0 saturated heterocycles. The summed E-state index contributed by atoms with van der Waals surface area (Å²) >= 11 is 1.84. The van der Waals surface area contributed by atoms with Crippen LogP contribution in [-0.4, -0.2) is 31.9 Å². The van der Waals surface area contributed by atoms with Gasteiger partial charge in [0.15, 0.2) is 0 Å². The van der Waals surface area contributed by atoms with E-state index in [9.17, 15) is 13.2 Å². The van der Waals surface area contributed by atoms with Crippen LogP contribution in [0.3, 0.4) is 0 Å². The van der Waals surface area contributed by atoms with Crippen molar-refractivity contribution in [1.82, 2.24) is 4.72 Å². The Hall–Kier alpha value is -1.05. The van der Waals surface area contributed by atoms with Crippen LogP contribution in [0.4, 0.5) is 5.69 Å². The Morgan fingerprint density at radius 2 is 1.74 bits per heavy atom. The van der Waals surface area contributed by atoms with Crippen molar-refractivity contribution in [3.8, 4) is 0 Å². The number of hydrogen-bond acceptors (Lipinski definition) is 4. The Bertz CT molecular complexity index is 815. The van der Waals surface area contributed by atoms with E-state index in [4.69, 9.17) is 0 Å². The molecule has 0 aliphatic heterocycles. The van der Waals surface area contributed by atoms with Gasteiger partial charge in [-0.2, -0.15) is 0 Å². The molecule has 0 unspecified atom stereocenters. The molecule has 5 nitrogen and oxygen atoms in total. The van der Waals surface area contributed by atoms with Crippen molar-refractivity contribution in [3.05, 3.63) is 23.8 Å². The number of sulfonamides is 1. The first-order valence-electron chi connectivity index (χ1n) is 9.76. The molecule has 4 bridgehead atoms. The zero-order chi connectivity index (χ0) is 19.2. The fraction of sp³-hybridized carbons (Fsp3) is 0.650. The molecule has 1 amide bonds. The molecule has 0 aromatic heterocycles. The lowest BCUT2D eigenvalue weighted by molar-refractivity contribution is -0.113. The van der Waals surface area contributed by atoms with E-state index in [1.165, 1.54) is 51.6 Å². The molecule has 2 N–H and O–H groups in total. The van der Waals surface area contributed by atoms with E-state index < -0.39 is 10.0 Å². The highest BCUT2D eigenvalue weighted by atomic mass is 32.2. The van der Waals surface area contributed by atoms with Crippen LogP contribution < -0.4 is 10.0 Å². The molecule has 0 radical (unpaired) electrons. The molecule has 0 heterocycles. The number of thioether (sulfide) groups is 1. The van der Waals surface area contributed by atoms with E-state index in [0.29, 0.717) is 21.8 Å². The molecule has 1 aromatic rings. The summed E-state index contributed by atoms with van der Waals surface area (Å²) in [4.78, 5) is 12.7. The van der Waals surface area contributed by atoms with Gasteiger partial charge in [0, 0.05) is 10.4 Å². The van der Waals surface area contributed by atoms with Gasteiger partial charge in [-0.25, -0.2) is 13.1 Å². The molecule has 148 valence electrons. The van der Waals surface area contributed by atoms with Crippen molar-refractivity contribution in [2.75, 3.05) is 18.1 Å². The largest absolute Gasteiger partial charge is 0.325 e. The van der Waals surface area contributed by atoms with Crippen LogP contribution in [0.25, 0.3) is 0 Å². The lowest BCUT2D eigenvalue weighted by Crippen LogP contribution is -2.49. The molecule has 0 spiro atoms. The Morgan fingerprint density at radius 3 is 2.30 bits per heavy atom. The predicted molar refractivity (Wildman–Crippen MR) is 109 cm³/mol. The Morgan fingerprint density at radius 1 is 1.15 bits per heavy atom. The third-order valence-corrected chi connectivity index (χ3v) is 9.60. The SMILES string of the molecule is CNS(=O)(=O)c1cc(NC(=O)CSC23CC4CC(CC(C4)C2)C3)ccc1C. The topological polar surface area (TPSA) is 75.3 Å². The van der Waals surface area contributed by atoms with E-state index in [1.807, 2.05) is 11.8 Å². The minimum Gasteiger partial charge on any atom is -0.325 e. The molecular formula is C20H28N2O3S2. The van der Waals surface area contributed by atoms with Crippen molar-refractivity contribution in [2.24, 2.45) is 17.8 Å². The van der Waals surface area contributed by atoms with Gasteiger partial charge in [0.2, 0.25) is 15.9 Å². The average Bonchev–Trinajstić information content (AvgIpc) is 2.60. The molecule has 4 aliphatic carbocycles. The van der Waals surface area contributed by atoms with E-state index in [2.05, 4.69) is 10.0 Å². The molecular weight excluding hydrogens is 380 g/mol. The van der Waals surface area contributed by atoms with Crippen LogP contribution in [0.2, 0.25) is 0 Å². The van der Waals surface area contributed by atoms with Crippen LogP contribution in [0, 0.1) is 24.7 Å². The van der Waals surface area contributed by atoms with Gasteiger partial charge in [-0.1, -0.05) is 6.07 Å². The third-order valence-electron chi connectivity index (χ3n) is 6.52. The maximum atomic E-state index is 12.5. The van der Waals surface area contributed by atoms with E-state index in [1.54, 1.807) is 19.1 Å². The molecule has 4 saturated carbocycles. The van der Waals surface area contributed by atoms with E-state index in [-0.39, 0.29) is 10.8 Å². The fourth-order valence-corrected chi connectivity index (χ4v) is 8.27. The fourth-order valence-electron chi connectivity index (χ4n) is 5.70. The van der Waals surface area contributed by atoms with Crippen LogP contribution in [-0.2, 0) is 14.8 Å². The van der Waals surface area contributed by atoms with Crippen molar-refractivity contribution in [1.29, 1.82) is 0 Å². The Kier molecular flexibility index (Phi) is 5.06. The zero-order valence-corrected chi connectivity index (χ0v) is 17.6. The van der Waals surface area contributed by atoms with Crippen LogP contribution in [0.15, 0.2) is 23.1 Å². The average molecular weight is 409 g/mol. The van der Waals surface area contributed by atoms with E-state index in [0.717, 1.165) is 17.8 Å². The van der Waals surface area contributed by atoms with Crippen LogP contribution in [0.1, 0.15) is 44.1 Å². The number of carbonyl (C=O) groups is 1. The second-order valence-electron chi connectivity index (χ2n) is 8.63. The summed E-state index contributed by atoms with van der Waals surface area (Å²) in [6, 6.07) is 5.03. The van der Waals surface area contributed by atoms with Gasteiger partial charge in [-0.3, -0.25) is 4.79 Å². The van der Waals surface area contributed by atoms with Crippen LogP contribution >= 0.6 is 11.8 Å². The van der Waals surface area contributed by atoms with Crippen molar-refractivity contribution < 1.29 is 13.2 Å². The summed E-state index contributed by atoms with van der Waals surface area (Å²) in [7, 11) is -2.15. The molecule has 27 heavy (non-hydrogen) atoms. The molecule has 4 aliphatic rings. The Balaban J connectivity index is 1.40. The van der Waals surface area contributed by atoms with Crippen molar-refractivity contribution in [3.63, 3.8) is 0 Å². The number of aryl methyl sites for hydroxylation is 1.